The summed E-state index contributed by atoms with van der Waals surface area (Å²) in [7, 11) is 1.48. The summed E-state index contributed by atoms with van der Waals surface area (Å²) in [6.45, 7) is 2.09. The van der Waals surface area contributed by atoms with Crippen LogP contribution in [-0.4, -0.2) is 49.1 Å². The Labute approximate surface area is 135 Å². The maximum absolute atomic E-state index is 12.2. The van der Waals surface area contributed by atoms with Crippen molar-refractivity contribution < 1.29 is 23.9 Å². The van der Waals surface area contributed by atoms with E-state index in [4.69, 9.17) is 9.47 Å². The molecule has 0 aromatic heterocycles. The molecule has 1 saturated heterocycles. The van der Waals surface area contributed by atoms with E-state index < -0.39 is 24.0 Å². The fourth-order valence-electron chi connectivity index (χ4n) is 1.96. The Balaban J connectivity index is 2.08. The molecular weight excluding hydrogens is 356 g/mol. The Morgan fingerprint density at radius 3 is 2.73 bits per heavy atom. The highest BCUT2D eigenvalue weighted by atomic mass is 79.9. The van der Waals surface area contributed by atoms with Crippen LogP contribution < -0.4 is 10.1 Å². The van der Waals surface area contributed by atoms with E-state index in [0.29, 0.717) is 16.8 Å². The lowest BCUT2D eigenvalue weighted by Gasteiger charge is -2.18. The number of nitrogens with zero attached hydrogens (tertiary/aromatic N) is 1. The molecule has 1 aliphatic heterocycles. The Hall–Kier alpha value is -2.09. The number of hydrogen-bond donors (Lipinski definition) is 1. The number of hydrogen-bond acceptors (Lipinski definition) is 5. The summed E-state index contributed by atoms with van der Waals surface area (Å²) in [5.74, 6) is -0.735. The van der Waals surface area contributed by atoms with Gasteiger partial charge >= 0.3 is 12.0 Å². The molecule has 7 nitrogen and oxygen atoms in total. The van der Waals surface area contributed by atoms with Crippen molar-refractivity contribution in [3.8, 4) is 5.75 Å². The predicted molar refractivity (Wildman–Crippen MR) is 80.7 cm³/mol. The number of esters is 1. The van der Waals surface area contributed by atoms with Crippen LogP contribution in [0.4, 0.5) is 4.79 Å². The molecular formula is C14H15BrN2O5. The highest BCUT2D eigenvalue weighted by molar-refractivity contribution is 9.10. The summed E-state index contributed by atoms with van der Waals surface area (Å²) in [4.78, 5) is 36.7. The second-order valence-corrected chi connectivity index (χ2v) is 5.47. The minimum Gasteiger partial charge on any atom is -0.497 e. The second-order valence-electron chi connectivity index (χ2n) is 4.62. The number of methoxy groups -OCH3 is 1. The first-order chi connectivity index (χ1) is 10.4. The van der Waals surface area contributed by atoms with Gasteiger partial charge in [-0.3, -0.25) is 9.69 Å². The normalized spacial score (nSPS) is 15.2. The quantitative estimate of drug-likeness (QED) is 0.812. The number of urea groups is 1. The first-order valence-electron chi connectivity index (χ1n) is 6.57. The van der Waals surface area contributed by atoms with Gasteiger partial charge in [0, 0.05) is 17.6 Å². The van der Waals surface area contributed by atoms with Crippen molar-refractivity contribution in [2.45, 2.75) is 13.0 Å². The molecule has 1 heterocycles. The van der Waals surface area contributed by atoms with E-state index in [2.05, 4.69) is 21.2 Å². The number of halogens is 1. The zero-order chi connectivity index (χ0) is 16.3. The van der Waals surface area contributed by atoms with Gasteiger partial charge in [-0.25, -0.2) is 9.59 Å². The van der Waals surface area contributed by atoms with E-state index in [-0.39, 0.29) is 12.1 Å². The number of carbonyl (C=O) groups excluding carboxylic acids is 3. The van der Waals surface area contributed by atoms with E-state index in [1.807, 2.05) is 0 Å². The monoisotopic (exact) mass is 370 g/mol. The van der Waals surface area contributed by atoms with Crippen LogP contribution in [0, 0.1) is 0 Å². The fraction of sp³-hybridized carbons (Fsp3) is 0.357. The molecule has 0 aliphatic carbocycles. The minimum absolute atomic E-state index is 0.241. The number of amides is 3. The molecule has 0 saturated carbocycles. The lowest BCUT2D eigenvalue weighted by Crippen LogP contribution is -2.41. The standard InChI is InChI=1S/C14H15BrN2O5/c1-8(12(18)17-6-5-16-14(17)20)22-13(19)10-7-9(21-2)3-4-11(10)15/h3-4,7-8H,5-6H2,1-2H3,(H,16,20)/t8-/m0/s1. The third-order valence-corrected chi connectivity index (χ3v) is 3.84. The highest BCUT2D eigenvalue weighted by Gasteiger charge is 2.32. The van der Waals surface area contributed by atoms with Gasteiger partial charge in [0.25, 0.3) is 5.91 Å². The molecule has 0 spiro atoms. The van der Waals surface area contributed by atoms with Crippen LogP contribution in [0.1, 0.15) is 17.3 Å². The Kier molecular flexibility index (Phi) is 5.02. The number of imide groups is 1. The summed E-state index contributed by atoms with van der Waals surface area (Å²) >= 11 is 3.25. The third-order valence-electron chi connectivity index (χ3n) is 3.15. The van der Waals surface area contributed by atoms with E-state index in [1.54, 1.807) is 12.1 Å². The van der Waals surface area contributed by atoms with Gasteiger partial charge in [-0.1, -0.05) is 0 Å². The molecule has 1 aliphatic rings. The van der Waals surface area contributed by atoms with Gasteiger partial charge in [-0.05, 0) is 41.1 Å². The van der Waals surface area contributed by atoms with E-state index in [0.717, 1.165) is 4.90 Å². The smallest absolute Gasteiger partial charge is 0.340 e. The zero-order valence-electron chi connectivity index (χ0n) is 12.1. The molecule has 1 aromatic carbocycles. The lowest BCUT2D eigenvalue weighted by molar-refractivity contribution is -0.136. The van der Waals surface area contributed by atoms with E-state index in [9.17, 15) is 14.4 Å². The molecule has 1 N–H and O–H groups in total. The molecule has 22 heavy (non-hydrogen) atoms. The topological polar surface area (TPSA) is 84.9 Å². The van der Waals surface area contributed by atoms with Crippen LogP contribution >= 0.6 is 15.9 Å². The van der Waals surface area contributed by atoms with Gasteiger partial charge in [0.15, 0.2) is 6.10 Å². The third kappa shape index (κ3) is 3.38. The van der Waals surface area contributed by atoms with E-state index >= 15 is 0 Å². The van der Waals surface area contributed by atoms with Crippen LogP contribution in [0.5, 0.6) is 5.75 Å². The van der Waals surface area contributed by atoms with Crippen LogP contribution in [0.2, 0.25) is 0 Å². The highest BCUT2D eigenvalue weighted by Crippen LogP contribution is 2.23. The molecule has 0 radical (unpaired) electrons. The number of benzene rings is 1. The Morgan fingerprint density at radius 2 is 2.14 bits per heavy atom. The van der Waals surface area contributed by atoms with Gasteiger partial charge in [0.1, 0.15) is 5.75 Å². The van der Waals surface area contributed by atoms with Crippen molar-refractivity contribution in [1.29, 1.82) is 0 Å². The van der Waals surface area contributed by atoms with Gasteiger partial charge < -0.3 is 14.8 Å². The molecule has 0 bridgehead atoms. The van der Waals surface area contributed by atoms with E-state index in [1.165, 1.54) is 20.1 Å². The molecule has 1 aromatic rings. The zero-order valence-corrected chi connectivity index (χ0v) is 13.7. The molecule has 2 rings (SSSR count). The first kappa shape index (κ1) is 16.3. The van der Waals surface area contributed by atoms with Gasteiger partial charge in [-0.15, -0.1) is 0 Å². The van der Waals surface area contributed by atoms with Crippen molar-refractivity contribution in [3.05, 3.63) is 28.2 Å². The number of ether oxygens (including phenoxy) is 2. The SMILES string of the molecule is COc1ccc(Br)c(C(=O)O[C@@H](C)C(=O)N2CCNC2=O)c1. The van der Waals surface area contributed by atoms with Crippen LogP contribution in [0.25, 0.3) is 0 Å². The average Bonchev–Trinajstić information content (AvgIpc) is 2.92. The maximum Gasteiger partial charge on any atom is 0.340 e. The summed E-state index contributed by atoms with van der Waals surface area (Å²) in [6, 6.07) is 4.36. The first-order valence-corrected chi connectivity index (χ1v) is 7.37. The van der Waals surface area contributed by atoms with Gasteiger partial charge in [0.2, 0.25) is 0 Å². The van der Waals surface area contributed by atoms with Crippen molar-refractivity contribution in [2.24, 2.45) is 0 Å². The summed E-state index contributed by atoms with van der Waals surface area (Å²) < 4.78 is 10.7. The summed E-state index contributed by atoms with van der Waals surface area (Å²) in [5.41, 5.74) is 0.241. The largest absolute Gasteiger partial charge is 0.497 e. The Morgan fingerprint density at radius 1 is 1.41 bits per heavy atom. The van der Waals surface area contributed by atoms with Crippen molar-refractivity contribution >= 4 is 33.8 Å². The molecule has 3 amide bonds. The molecule has 1 fully saturated rings. The number of nitrogens with one attached hydrogen (secondary N) is 1. The molecule has 8 heteroatoms. The number of carbonyl (C=O) groups is 3. The summed E-state index contributed by atoms with van der Waals surface area (Å²) in [6.07, 6.45) is -1.06. The van der Waals surface area contributed by atoms with Crippen molar-refractivity contribution in [2.75, 3.05) is 20.2 Å². The maximum atomic E-state index is 12.2. The van der Waals surface area contributed by atoms with Crippen molar-refractivity contribution in [1.82, 2.24) is 10.2 Å². The molecule has 0 unspecified atom stereocenters. The van der Waals surface area contributed by atoms with Crippen LogP contribution in [0.3, 0.4) is 0 Å². The predicted octanol–water partition coefficient (Wildman–Crippen LogP) is 1.55. The molecule has 1 atom stereocenters. The lowest BCUT2D eigenvalue weighted by atomic mass is 10.2. The van der Waals surface area contributed by atoms with Crippen LogP contribution in [-0.2, 0) is 9.53 Å². The summed E-state index contributed by atoms with van der Waals surface area (Å²) in [5, 5.41) is 2.52. The molecule has 118 valence electrons. The van der Waals surface area contributed by atoms with Crippen LogP contribution in [0.15, 0.2) is 22.7 Å². The van der Waals surface area contributed by atoms with Gasteiger partial charge in [0.05, 0.1) is 12.7 Å². The Bertz CT molecular complexity index is 619. The minimum atomic E-state index is -1.06. The fourth-order valence-corrected chi connectivity index (χ4v) is 2.37. The average molecular weight is 371 g/mol. The van der Waals surface area contributed by atoms with Gasteiger partial charge in [-0.2, -0.15) is 0 Å². The van der Waals surface area contributed by atoms with Crippen molar-refractivity contribution in [3.63, 3.8) is 0 Å². The number of rotatable bonds is 4. The second kappa shape index (κ2) is 6.78.